The highest BCUT2D eigenvalue weighted by atomic mass is 16.5. The van der Waals surface area contributed by atoms with Crippen molar-refractivity contribution in [2.45, 2.75) is 6.23 Å². The lowest BCUT2D eigenvalue weighted by Gasteiger charge is -2.04. The van der Waals surface area contributed by atoms with E-state index in [4.69, 9.17) is 4.74 Å². The van der Waals surface area contributed by atoms with Crippen LogP contribution >= 0.6 is 0 Å². The van der Waals surface area contributed by atoms with Crippen LogP contribution in [0.25, 0.3) is 5.70 Å². The molecule has 3 nitrogen and oxygen atoms in total. The van der Waals surface area contributed by atoms with Crippen LogP contribution in [0.2, 0.25) is 0 Å². The van der Waals surface area contributed by atoms with Crippen LogP contribution < -0.4 is 5.32 Å². The zero-order chi connectivity index (χ0) is 9.10. The smallest absolute Gasteiger partial charge is 0.225 e. The van der Waals surface area contributed by atoms with Gasteiger partial charge in [0.25, 0.3) is 0 Å². The van der Waals surface area contributed by atoms with E-state index in [9.17, 15) is 4.79 Å². The molecule has 1 aromatic carbocycles. The first-order valence-corrected chi connectivity index (χ1v) is 4.03. The van der Waals surface area contributed by atoms with Gasteiger partial charge in [-0.15, -0.1) is 0 Å². The number of carbonyl (C=O) groups is 1. The van der Waals surface area contributed by atoms with Crippen molar-refractivity contribution in [3.63, 3.8) is 0 Å². The van der Waals surface area contributed by atoms with Gasteiger partial charge in [-0.2, -0.15) is 0 Å². The first-order chi connectivity index (χ1) is 6.40. The standard InChI is InChI=1S/C10H9NO2/c12-6-10-11-9(7-13-10)8-4-2-1-3-5-8/h1-7,10-11H. The molecule has 0 saturated carbocycles. The first kappa shape index (κ1) is 7.86. The Bertz CT molecular complexity index is 332. The molecule has 2 rings (SSSR count). The van der Waals surface area contributed by atoms with Gasteiger partial charge in [0, 0.05) is 5.56 Å². The van der Waals surface area contributed by atoms with Gasteiger partial charge in [-0.3, -0.25) is 4.79 Å². The van der Waals surface area contributed by atoms with E-state index >= 15 is 0 Å². The van der Waals surface area contributed by atoms with Crippen LogP contribution in [0.4, 0.5) is 0 Å². The van der Waals surface area contributed by atoms with Crippen molar-refractivity contribution in [1.82, 2.24) is 5.32 Å². The molecule has 66 valence electrons. The zero-order valence-corrected chi connectivity index (χ0v) is 6.94. The molecule has 0 saturated heterocycles. The van der Waals surface area contributed by atoms with Crippen LogP contribution in [-0.2, 0) is 9.53 Å². The average molecular weight is 175 g/mol. The summed E-state index contributed by atoms with van der Waals surface area (Å²) in [7, 11) is 0. The molecule has 13 heavy (non-hydrogen) atoms. The minimum Gasteiger partial charge on any atom is -0.469 e. The fourth-order valence-corrected chi connectivity index (χ4v) is 1.20. The maximum Gasteiger partial charge on any atom is 0.225 e. The average Bonchev–Trinajstić information content (AvgIpc) is 2.67. The van der Waals surface area contributed by atoms with Crippen molar-refractivity contribution in [3.05, 3.63) is 42.2 Å². The van der Waals surface area contributed by atoms with Gasteiger partial charge in [-0.1, -0.05) is 30.3 Å². The summed E-state index contributed by atoms with van der Waals surface area (Å²) < 4.78 is 5.03. The lowest BCUT2D eigenvalue weighted by atomic mass is 10.2. The Morgan fingerprint density at radius 2 is 2.08 bits per heavy atom. The summed E-state index contributed by atoms with van der Waals surface area (Å²) in [5.41, 5.74) is 1.87. The molecule has 0 radical (unpaired) electrons. The molecule has 0 aromatic heterocycles. The molecule has 1 atom stereocenters. The minimum atomic E-state index is -0.532. The molecule has 0 aliphatic carbocycles. The molecular weight excluding hydrogens is 166 g/mol. The van der Waals surface area contributed by atoms with Crippen LogP contribution in [0.3, 0.4) is 0 Å². The van der Waals surface area contributed by atoms with Gasteiger partial charge in [-0.25, -0.2) is 0 Å². The molecule has 1 heterocycles. The second-order valence-electron chi connectivity index (χ2n) is 2.73. The van der Waals surface area contributed by atoms with Crippen molar-refractivity contribution in [1.29, 1.82) is 0 Å². The van der Waals surface area contributed by atoms with Crippen LogP contribution in [0.15, 0.2) is 36.6 Å². The van der Waals surface area contributed by atoms with Gasteiger partial charge >= 0.3 is 0 Å². The van der Waals surface area contributed by atoms with Crippen LogP contribution in [0, 0.1) is 0 Å². The molecule has 1 unspecified atom stereocenters. The van der Waals surface area contributed by atoms with Crippen LogP contribution in [-0.4, -0.2) is 12.5 Å². The van der Waals surface area contributed by atoms with Crippen molar-refractivity contribution in [2.24, 2.45) is 0 Å². The van der Waals surface area contributed by atoms with E-state index in [2.05, 4.69) is 5.32 Å². The Morgan fingerprint density at radius 3 is 2.69 bits per heavy atom. The summed E-state index contributed by atoms with van der Waals surface area (Å²) in [5, 5.41) is 2.93. The quantitative estimate of drug-likeness (QED) is 0.685. The number of rotatable bonds is 2. The molecule has 0 bridgehead atoms. The number of ether oxygens (including phenoxy) is 1. The number of hydrogen-bond donors (Lipinski definition) is 1. The van der Waals surface area contributed by atoms with E-state index in [1.54, 1.807) is 6.26 Å². The summed E-state index contributed by atoms with van der Waals surface area (Å²) in [4.78, 5) is 10.4. The van der Waals surface area contributed by atoms with E-state index < -0.39 is 6.23 Å². The molecule has 1 aliphatic rings. The summed E-state index contributed by atoms with van der Waals surface area (Å²) in [5.74, 6) is 0. The maximum atomic E-state index is 10.4. The molecule has 3 heteroatoms. The highest BCUT2D eigenvalue weighted by molar-refractivity contribution is 5.69. The predicted molar refractivity (Wildman–Crippen MR) is 48.5 cm³/mol. The zero-order valence-electron chi connectivity index (χ0n) is 6.94. The van der Waals surface area contributed by atoms with Gasteiger partial charge in [-0.05, 0) is 0 Å². The number of benzene rings is 1. The topological polar surface area (TPSA) is 38.3 Å². The lowest BCUT2D eigenvalue weighted by molar-refractivity contribution is -0.115. The van der Waals surface area contributed by atoms with Crippen molar-refractivity contribution >= 4 is 12.0 Å². The Labute approximate surface area is 76.0 Å². The Hall–Kier alpha value is -1.77. The van der Waals surface area contributed by atoms with Gasteiger partial charge in [0.05, 0.1) is 5.70 Å². The normalized spacial score (nSPS) is 20.0. The number of aldehydes is 1. The first-order valence-electron chi connectivity index (χ1n) is 4.03. The van der Waals surface area contributed by atoms with Crippen molar-refractivity contribution < 1.29 is 9.53 Å². The second-order valence-corrected chi connectivity index (χ2v) is 2.73. The summed E-state index contributed by atoms with van der Waals surface area (Å²) in [6.45, 7) is 0. The Balaban J connectivity index is 2.17. The van der Waals surface area contributed by atoms with E-state index in [0.29, 0.717) is 0 Å². The second kappa shape index (κ2) is 3.31. The van der Waals surface area contributed by atoms with Gasteiger partial charge < -0.3 is 10.1 Å². The molecular formula is C10H9NO2. The van der Waals surface area contributed by atoms with Gasteiger partial charge in [0.15, 0.2) is 6.29 Å². The monoisotopic (exact) mass is 175 g/mol. The van der Waals surface area contributed by atoms with E-state index in [1.807, 2.05) is 30.3 Å². The third-order valence-corrected chi connectivity index (χ3v) is 1.84. The molecule has 1 aliphatic heterocycles. The largest absolute Gasteiger partial charge is 0.469 e. The molecule has 1 aromatic rings. The third kappa shape index (κ3) is 1.54. The molecule has 0 spiro atoms. The summed E-state index contributed by atoms with van der Waals surface area (Å²) in [6, 6.07) is 9.72. The van der Waals surface area contributed by atoms with E-state index in [0.717, 1.165) is 17.5 Å². The summed E-state index contributed by atoms with van der Waals surface area (Å²) in [6.07, 6.45) is 1.76. The Morgan fingerprint density at radius 1 is 1.31 bits per heavy atom. The maximum absolute atomic E-state index is 10.4. The molecule has 0 amide bonds. The number of hydrogen-bond acceptors (Lipinski definition) is 3. The lowest BCUT2D eigenvalue weighted by Crippen LogP contribution is -2.24. The van der Waals surface area contributed by atoms with Crippen LogP contribution in [0.1, 0.15) is 5.56 Å². The molecule has 0 fully saturated rings. The van der Waals surface area contributed by atoms with E-state index in [-0.39, 0.29) is 0 Å². The fourth-order valence-electron chi connectivity index (χ4n) is 1.20. The molecule has 1 N–H and O–H groups in total. The SMILES string of the molecule is O=CC1NC(c2ccccc2)=CO1. The highest BCUT2D eigenvalue weighted by Crippen LogP contribution is 2.16. The van der Waals surface area contributed by atoms with Crippen molar-refractivity contribution in [2.75, 3.05) is 0 Å². The van der Waals surface area contributed by atoms with Crippen LogP contribution in [0.5, 0.6) is 0 Å². The van der Waals surface area contributed by atoms with Gasteiger partial charge in [0.1, 0.15) is 6.26 Å². The fraction of sp³-hybridized carbons (Fsp3) is 0.100. The van der Waals surface area contributed by atoms with E-state index in [1.165, 1.54) is 0 Å². The summed E-state index contributed by atoms with van der Waals surface area (Å²) >= 11 is 0. The van der Waals surface area contributed by atoms with Gasteiger partial charge in [0.2, 0.25) is 6.23 Å². The number of nitrogens with one attached hydrogen (secondary N) is 1. The third-order valence-electron chi connectivity index (χ3n) is 1.84. The number of carbonyl (C=O) groups excluding carboxylic acids is 1. The van der Waals surface area contributed by atoms with Crippen molar-refractivity contribution in [3.8, 4) is 0 Å². The minimum absolute atomic E-state index is 0.532. The predicted octanol–water partition coefficient (Wildman–Crippen LogP) is 1.13. The highest BCUT2D eigenvalue weighted by Gasteiger charge is 2.16. The Kier molecular flexibility index (Phi) is 2.00.